The van der Waals surface area contributed by atoms with Gasteiger partial charge < -0.3 is 14.8 Å². The van der Waals surface area contributed by atoms with Crippen molar-refractivity contribution in [2.45, 2.75) is 0 Å². The van der Waals surface area contributed by atoms with E-state index >= 15 is 0 Å². The Kier molecular flexibility index (Phi) is 5.10. The van der Waals surface area contributed by atoms with E-state index in [2.05, 4.69) is 15.5 Å². The van der Waals surface area contributed by atoms with Crippen molar-refractivity contribution in [1.29, 1.82) is 0 Å². The summed E-state index contributed by atoms with van der Waals surface area (Å²) in [6, 6.07) is 18.2. The molecule has 0 bridgehead atoms. The smallest absolute Gasteiger partial charge is 0.256 e. The van der Waals surface area contributed by atoms with Crippen molar-refractivity contribution < 1.29 is 14.3 Å². The zero-order chi connectivity index (χ0) is 20.4. The second-order valence-electron chi connectivity index (χ2n) is 6.36. The van der Waals surface area contributed by atoms with Gasteiger partial charge in [-0.05, 0) is 48.0 Å². The van der Waals surface area contributed by atoms with Crippen molar-refractivity contribution in [3.05, 3.63) is 71.2 Å². The molecule has 0 unspecified atom stereocenters. The summed E-state index contributed by atoms with van der Waals surface area (Å²) in [5, 5.41) is 11.3. The van der Waals surface area contributed by atoms with Crippen LogP contribution in [0.5, 0.6) is 11.5 Å². The van der Waals surface area contributed by atoms with E-state index in [-0.39, 0.29) is 5.91 Å². The molecule has 4 aromatic rings. The van der Waals surface area contributed by atoms with Crippen LogP contribution in [-0.4, -0.2) is 30.3 Å². The van der Waals surface area contributed by atoms with Crippen LogP contribution < -0.4 is 14.8 Å². The molecule has 0 aliphatic carbocycles. The first-order valence-electron chi connectivity index (χ1n) is 8.86. The summed E-state index contributed by atoms with van der Waals surface area (Å²) >= 11 is 5.97. The fraction of sp³-hybridized carbons (Fsp3) is 0.0909. The zero-order valence-corrected chi connectivity index (χ0v) is 16.6. The summed E-state index contributed by atoms with van der Waals surface area (Å²) in [6.45, 7) is 0. The second kappa shape index (κ2) is 7.85. The number of halogens is 1. The molecule has 6 nitrogen and oxygen atoms in total. The predicted octanol–water partition coefficient (Wildman–Crippen LogP) is 5.15. The highest BCUT2D eigenvalue weighted by molar-refractivity contribution is 6.31. The highest BCUT2D eigenvalue weighted by Crippen LogP contribution is 2.35. The SMILES string of the molecule is COc1ccc(-c2ccc3c(NC(=O)c4cccc(Cl)c4)n[nH]c3c2)c(OC)c1. The Morgan fingerprint density at radius 1 is 1.03 bits per heavy atom. The number of anilines is 1. The van der Waals surface area contributed by atoms with E-state index in [0.717, 1.165) is 27.8 Å². The first-order chi connectivity index (χ1) is 14.1. The Bertz CT molecular complexity index is 1200. The van der Waals surface area contributed by atoms with Crippen molar-refractivity contribution in [2.24, 2.45) is 0 Å². The minimum atomic E-state index is -0.276. The molecule has 2 N–H and O–H groups in total. The van der Waals surface area contributed by atoms with Gasteiger partial charge >= 0.3 is 0 Å². The molecule has 4 rings (SSSR count). The van der Waals surface area contributed by atoms with Gasteiger partial charge in [0.1, 0.15) is 11.5 Å². The van der Waals surface area contributed by atoms with Crippen LogP contribution in [0, 0.1) is 0 Å². The third-order valence-electron chi connectivity index (χ3n) is 4.60. The number of benzene rings is 3. The Hall–Kier alpha value is -3.51. The van der Waals surface area contributed by atoms with Crippen LogP contribution in [0.3, 0.4) is 0 Å². The van der Waals surface area contributed by atoms with E-state index in [1.165, 1.54) is 0 Å². The third-order valence-corrected chi connectivity index (χ3v) is 4.84. The molecule has 1 heterocycles. The summed E-state index contributed by atoms with van der Waals surface area (Å²) in [4.78, 5) is 12.5. The highest BCUT2D eigenvalue weighted by Gasteiger charge is 2.14. The Morgan fingerprint density at radius 3 is 2.66 bits per heavy atom. The maximum atomic E-state index is 12.5. The fourth-order valence-corrected chi connectivity index (χ4v) is 3.32. The summed E-state index contributed by atoms with van der Waals surface area (Å²) < 4.78 is 10.8. The van der Waals surface area contributed by atoms with Crippen LogP contribution >= 0.6 is 11.6 Å². The number of methoxy groups -OCH3 is 2. The number of nitrogens with zero attached hydrogens (tertiary/aromatic N) is 1. The van der Waals surface area contributed by atoms with E-state index in [4.69, 9.17) is 21.1 Å². The van der Waals surface area contributed by atoms with E-state index in [1.807, 2.05) is 36.4 Å². The molecule has 146 valence electrons. The lowest BCUT2D eigenvalue weighted by Gasteiger charge is -2.10. The predicted molar refractivity (Wildman–Crippen MR) is 114 cm³/mol. The molecule has 0 fully saturated rings. The van der Waals surface area contributed by atoms with Gasteiger partial charge in [-0.3, -0.25) is 9.89 Å². The molecule has 3 aromatic carbocycles. The number of amides is 1. The van der Waals surface area contributed by atoms with Gasteiger partial charge in [0.25, 0.3) is 5.91 Å². The lowest BCUT2D eigenvalue weighted by atomic mass is 10.0. The van der Waals surface area contributed by atoms with Gasteiger partial charge in [0.15, 0.2) is 5.82 Å². The standard InChI is InChI=1S/C22H18ClN3O3/c1-28-16-7-9-17(20(12-16)29-2)13-6-8-18-19(11-13)25-26-21(18)24-22(27)14-4-3-5-15(23)10-14/h3-12H,1-2H3,(H2,24,25,26,27). The first kappa shape index (κ1) is 18.8. The van der Waals surface area contributed by atoms with Gasteiger partial charge in [0.2, 0.25) is 0 Å². The minimum Gasteiger partial charge on any atom is -0.497 e. The van der Waals surface area contributed by atoms with Crippen molar-refractivity contribution in [3.8, 4) is 22.6 Å². The molecule has 0 aliphatic heterocycles. The average molecular weight is 408 g/mol. The highest BCUT2D eigenvalue weighted by atomic mass is 35.5. The van der Waals surface area contributed by atoms with Gasteiger partial charge in [-0.15, -0.1) is 0 Å². The van der Waals surface area contributed by atoms with Gasteiger partial charge in [-0.25, -0.2) is 0 Å². The maximum Gasteiger partial charge on any atom is 0.256 e. The van der Waals surface area contributed by atoms with Gasteiger partial charge in [-0.1, -0.05) is 23.7 Å². The molecule has 1 amide bonds. The average Bonchev–Trinajstić information content (AvgIpc) is 3.15. The number of nitrogens with one attached hydrogen (secondary N) is 2. The third kappa shape index (κ3) is 3.75. The number of carbonyl (C=O) groups excluding carboxylic acids is 1. The van der Waals surface area contributed by atoms with Gasteiger partial charge in [-0.2, -0.15) is 5.10 Å². The topological polar surface area (TPSA) is 76.2 Å². The van der Waals surface area contributed by atoms with Crippen LogP contribution in [0.4, 0.5) is 5.82 Å². The lowest BCUT2D eigenvalue weighted by Crippen LogP contribution is -2.12. The van der Waals surface area contributed by atoms with E-state index < -0.39 is 0 Å². The second-order valence-corrected chi connectivity index (χ2v) is 6.80. The van der Waals surface area contributed by atoms with Crippen LogP contribution in [0.15, 0.2) is 60.7 Å². The molecular formula is C22H18ClN3O3. The molecule has 0 saturated carbocycles. The number of ether oxygens (including phenoxy) is 2. The Balaban J connectivity index is 1.65. The molecule has 0 spiro atoms. The van der Waals surface area contributed by atoms with Crippen molar-refractivity contribution in [1.82, 2.24) is 10.2 Å². The number of hydrogen-bond acceptors (Lipinski definition) is 4. The zero-order valence-electron chi connectivity index (χ0n) is 15.8. The van der Waals surface area contributed by atoms with Gasteiger partial charge in [0, 0.05) is 27.6 Å². The maximum absolute atomic E-state index is 12.5. The summed E-state index contributed by atoms with van der Waals surface area (Å²) in [6.07, 6.45) is 0. The summed E-state index contributed by atoms with van der Waals surface area (Å²) in [5.74, 6) is 1.61. The van der Waals surface area contributed by atoms with Crippen LogP contribution in [0.25, 0.3) is 22.0 Å². The molecule has 29 heavy (non-hydrogen) atoms. The number of fused-ring (bicyclic) bond motifs is 1. The number of hydrogen-bond donors (Lipinski definition) is 2. The lowest BCUT2D eigenvalue weighted by molar-refractivity contribution is 0.102. The van der Waals surface area contributed by atoms with Crippen molar-refractivity contribution in [3.63, 3.8) is 0 Å². The number of aromatic nitrogens is 2. The Morgan fingerprint density at radius 2 is 1.90 bits per heavy atom. The van der Waals surface area contributed by atoms with Crippen molar-refractivity contribution >= 4 is 34.2 Å². The minimum absolute atomic E-state index is 0.276. The Labute approximate surface area is 172 Å². The normalized spacial score (nSPS) is 10.7. The molecule has 0 atom stereocenters. The van der Waals surface area contributed by atoms with E-state index in [1.54, 1.807) is 38.5 Å². The summed E-state index contributed by atoms with van der Waals surface area (Å²) in [7, 11) is 3.24. The number of aromatic amines is 1. The summed E-state index contributed by atoms with van der Waals surface area (Å²) in [5.41, 5.74) is 3.14. The van der Waals surface area contributed by atoms with Crippen molar-refractivity contribution in [2.75, 3.05) is 19.5 Å². The molecule has 7 heteroatoms. The number of H-pyrrole nitrogens is 1. The van der Waals surface area contributed by atoms with Gasteiger partial charge in [0.05, 0.1) is 19.7 Å². The van der Waals surface area contributed by atoms with Crippen LogP contribution in [0.1, 0.15) is 10.4 Å². The largest absolute Gasteiger partial charge is 0.497 e. The molecule has 1 aromatic heterocycles. The van der Waals surface area contributed by atoms with Crippen LogP contribution in [-0.2, 0) is 0 Å². The van der Waals surface area contributed by atoms with Crippen LogP contribution in [0.2, 0.25) is 5.02 Å². The molecule has 0 aliphatic rings. The molecule has 0 radical (unpaired) electrons. The fourth-order valence-electron chi connectivity index (χ4n) is 3.13. The van der Waals surface area contributed by atoms with E-state index in [0.29, 0.717) is 22.2 Å². The quantitative estimate of drug-likeness (QED) is 0.479. The molecular weight excluding hydrogens is 390 g/mol. The number of carbonyl (C=O) groups is 1. The molecule has 0 saturated heterocycles. The first-order valence-corrected chi connectivity index (χ1v) is 9.24. The van der Waals surface area contributed by atoms with E-state index in [9.17, 15) is 4.79 Å². The number of rotatable bonds is 5. The monoisotopic (exact) mass is 407 g/mol.